The zero-order valence-electron chi connectivity index (χ0n) is 21.2. The lowest BCUT2D eigenvalue weighted by Crippen LogP contribution is -2.45. The van der Waals surface area contributed by atoms with E-state index >= 15 is 4.39 Å². The first-order valence-corrected chi connectivity index (χ1v) is 12.9. The van der Waals surface area contributed by atoms with E-state index in [0.717, 1.165) is 7.11 Å². The molecule has 0 N–H and O–H groups in total. The Hall–Kier alpha value is -4.44. The number of esters is 2. The number of benzene rings is 3. The molecule has 0 fully saturated rings. The van der Waals surface area contributed by atoms with Gasteiger partial charge in [0, 0.05) is 0 Å². The van der Waals surface area contributed by atoms with Crippen molar-refractivity contribution in [3.8, 4) is 0 Å². The summed E-state index contributed by atoms with van der Waals surface area (Å²) in [5.74, 6) is -15.9. The molecule has 3 aromatic rings. The van der Waals surface area contributed by atoms with Crippen molar-refractivity contribution in [1.82, 2.24) is 0 Å². The number of carbonyl (C=O) groups excluding carboxylic acids is 2. The van der Waals surface area contributed by atoms with E-state index in [0.29, 0.717) is 6.21 Å². The molecule has 3 atom stereocenters. The van der Waals surface area contributed by atoms with Gasteiger partial charge in [-0.1, -0.05) is 41.6 Å². The van der Waals surface area contributed by atoms with Crippen LogP contribution in [0.1, 0.15) is 20.7 Å². The van der Waals surface area contributed by atoms with Gasteiger partial charge in [-0.3, -0.25) is 4.18 Å². The van der Waals surface area contributed by atoms with Crippen LogP contribution in [-0.4, -0.2) is 58.7 Å². The number of ether oxygens (including phenoxy) is 2. The maximum atomic E-state index is 15.3. The molecular weight excluding hydrogens is 600 g/mol. The van der Waals surface area contributed by atoms with Gasteiger partial charge in [0.15, 0.2) is 46.5 Å². The van der Waals surface area contributed by atoms with E-state index in [1.165, 1.54) is 54.6 Å². The van der Waals surface area contributed by atoms with Crippen LogP contribution < -0.4 is 0 Å². The molecule has 0 bridgehead atoms. The number of alkyl halides is 1. The first kappa shape index (κ1) is 32.1. The normalized spacial score (nSPS) is 13.8. The highest BCUT2D eigenvalue weighted by molar-refractivity contribution is 7.86. The Morgan fingerprint density at radius 2 is 1.29 bits per heavy atom. The van der Waals surface area contributed by atoms with Crippen molar-refractivity contribution in [3.63, 3.8) is 0 Å². The van der Waals surface area contributed by atoms with Crippen LogP contribution in [0.2, 0.25) is 0 Å². The van der Waals surface area contributed by atoms with E-state index < -0.39 is 81.0 Å². The van der Waals surface area contributed by atoms with Crippen LogP contribution in [0, 0.1) is 29.1 Å². The van der Waals surface area contributed by atoms with Gasteiger partial charge in [0.05, 0.1) is 17.3 Å². The third kappa shape index (κ3) is 7.44. The molecule has 0 aromatic heterocycles. The summed E-state index contributed by atoms with van der Waals surface area (Å²) in [6.45, 7) is -1.28. The molecular formula is C26H19F6NO8S. The van der Waals surface area contributed by atoms with Crippen LogP contribution in [0.3, 0.4) is 0 Å². The Balaban J connectivity index is 2.08. The molecule has 3 unspecified atom stereocenters. The first-order valence-electron chi connectivity index (χ1n) is 11.5. The van der Waals surface area contributed by atoms with Crippen molar-refractivity contribution in [1.29, 1.82) is 0 Å². The summed E-state index contributed by atoms with van der Waals surface area (Å²) < 4.78 is 126. The maximum Gasteiger partial charge on any atom is 0.338 e. The van der Waals surface area contributed by atoms with E-state index in [-0.39, 0.29) is 11.1 Å². The number of nitrogens with zero attached hydrogens (tertiary/aromatic N) is 1. The summed E-state index contributed by atoms with van der Waals surface area (Å²) in [5.41, 5.74) is -0.268. The van der Waals surface area contributed by atoms with Crippen molar-refractivity contribution in [2.24, 2.45) is 5.16 Å². The Kier molecular flexibility index (Phi) is 10.7. The van der Waals surface area contributed by atoms with E-state index in [1.807, 2.05) is 0 Å². The summed E-state index contributed by atoms with van der Waals surface area (Å²) in [6.07, 6.45) is -7.13. The standard InChI is InChI=1S/C26H19F6NO8S/c1-38-33-12-16(27)23(40-26(35)15-10-6-3-7-11-15)17(13-39-25(34)14-8-4-2-5-9-14)41-42(36,37)24-21(31)19(29)18(28)20(30)22(24)32/h2-12,16-17,23H,13H2,1H3. The van der Waals surface area contributed by atoms with Crippen molar-refractivity contribution < 1.29 is 62.8 Å². The lowest BCUT2D eigenvalue weighted by atomic mass is 10.1. The van der Waals surface area contributed by atoms with Crippen LogP contribution in [0.25, 0.3) is 0 Å². The molecule has 0 aliphatic rings. The monoisotopic (exact) mass is 619 g/mol. The molecule has 0 saturated heterocycles. The second kappa shape index (κ2) is 14.0. The van der Waals surface area contributed by atoms with E-state index in [2.05, 4.69) is 14.2 Å². The zero-order valence-corrected chi connectivity index (χ0v) is 22.0. The van der Waals surface area contributed by atoms with Gasteiger partial charge in [0.2, 0.25) is 5.82 Å². The van der Waals surface area contributed by atoms with E-state index in [1.54, 1.807) is 6.07 Å². The SMILES string of the molecule is CON=CC(F)C(OC(=O)c1ccccc1)C(COC(=O)c1ccccc1)OS(=O)(=O)c1c(F)c(F)c(F)c(F)c1F. The minimum Gasteiger partial charge on any atom is -0.459 e. The van der Waals surface area contributed by atoms with Gasteiger partial charge < -0.3 is 14.3 Å². The molecule has 224 valence electrons. The first-order chi connectivity index (χ1) is 19.9. The molecule has 0 heterocycles. The van der Waals surface area contributed by atoms with Gasteiger partial charge in [-0.15, -0.1) is 0 Å². The molecule has 3 rings (SSSR count). The minimum absolute atomic E-state index is 0.0885. The number of hydrogen-bond donors (Lipinski definition) is 0. The summed E-state index contributed by atoms with van der Waals surface area (Å²) >= 11 is 0. The lowest BCUT2D eigenvalue weighted by Gasteiger charge is -2.27. The largest absolute Gasteiger partial charge is 0.459 e. The Labute approximate surface area is 234 Å². The highest BCUT2D eigenvalue weighted by Gasteiger charge is 2.42. The van der Waals surface area contributed by atoms with E-state index in [4.69, 9.17) is 9.47 Å². The molecule has 0 amide bonds. The van der Waals surface area contributed by atoms with Crippen molar-refractivity contribution in [2.75, 3.05) is 13.7 Å². The topological polar surface area (TPSA) is 118 Å². The summed E-state index contributed by atoms with van der Waals surface area (Å²) in [6, 6.07) is 13.7. The summed E-state index contributed by atoms with van der Waals surface area (Å²) in [7, 11) is -5.02. The van der Waals surface area contributed by atoms with E-state index in [9.17, 15) is 40.0 Å². The number of halogens is 6. The van der Waals surface area contributed by atoms with Crippen LogP contribution in [0.15, 0.2) is 70.7 Å². The zero-order chi connectivity index (χ0) is 31.0. The predicted octanol–water partition coefficient (Wildman–Crippen LogP) is 4.51. The van der Waals surface area contributed by atoms with Crippen molar-refractivity contribution in [2.45, 2.75) is 23.3 Å². The average molecular weight is 619 g/mol. The highest BCUT2D eigenvalue weighted by Crippen LogP contribution is 2.30. The summed E-state index contributed by atoms with van der Waals surface area (Å²) in [4.78, 5) is 27.2. The van der Waals surface area contributed by atoms with Crippen LogP contribution in [-0.2, 0) is 28.6 Å². The minimum atomic E-state index is -6.02. The molecule has 0 aliphatic heterocycles. The molecule has 3 aromatic carbocycles. The predicted molar refractivity (Wildman–Crippen MR) is 131 cm³/mol. The quantitative estimate of drug-likeness (QED) is 0.0553. The number of carbonyl (C=O) groups is 2. The Morgan fingerprint density at radius 1 is 0.810 bits per heavy atom. The molecule has 9 nitrogen and oxygen atoms in total. The number of hydrogen-bond acceptors (Lipinski definition) is 9. The second-order valence-corrected chi connectivity index (χ2v) is 9.58. The second-order valence-electron chi connectivity index (χ2n) is 8.07. The van der Waals surface area contributed by atoms with Gasteiger partial charge in [-0.2, -0.15) is 8.42 Å². The molecule has 0 spiro atoms. The molecule has 16 heteroatoms. The maximum absolute atomic E-state index is 15.3. The van der Waals surface area contributed by atoms with Crippen LogP contribution in [0.4, 0.5) is 26.3 Å². The van der Waals surface area contributed by atoms with Crippen molar-refractivity contribution >= 4 is 28.3 Å². The molecule has 42 heavy (non-hydrogen) atoms. The van der Waals surface area contributed by atoms with Gasteiger partial charge in [-0.05, 0) is 24.3 Å². The van der Waals surface area contributed by atoms with Crippen molar-refractivity contribution in [3.05, 3.63) is 101 Å². The molecule has 0 aliphatic carbocycles. The summed E-state index contributed by atoms with van der Waals surface area (Å²) in [5, 5.41) is 3.15. The van der Waals surface area contributed by atoms with Gasteiger partial charge >= 0.3 is 22.1 Å². The average Bonchev–Trinajstić information content (AvgIpc) is 2.99. The Bertz CT molecular complexity index is 1530. The van der Waals surface area contributed by atoms with Gasteiger partial charge in [-0.25, -0.2) is 35.9 Å². The third-order valence-electron chi connectivity index (χ3n) is 5.30. The Morgan fingerprint density at radius 3 is 1.79 bits per heavy atom. The van der Waals surface area contributed by atoms with Crippen LogP contribution in [0.5, 0.6) is 0 Å². The fourth-order valence-corrected chi connectivity index (χ4v) is 4.53. The molecule has 0 saturated carbocycles. The fraction of sp³-hybridized carbons (Fsp3) is 0.192. The lowest BCUT2D eigenvalue weighted by molar-refractivity contribution is -0.0480. The third-order valence-corrected chi connectivity index (χ3v) is 6.66. The smallest absolute Gasteiger partial charge is 0.338 e. The number of rotatable bonds is 12. The fourth-order valence-electron chi connectivity index (χ4n) is 3.32. The van der Waals surface area contributed by atoms with Crippen LogP contribution >= 0.6 is 0 Å². The van der Waals surface area contributed by atoms with Gasteiger partial charge in [0.25, 0.3) is 0 Å². The highest BCUT2D eigenvalue weighted by atomic mass is 32.2. The number of oxime groups is 1. The molecule has 0 radical (unpaired) electrons. The van der Waals surface area contributed by atoms with Gasteiger partial charge in [0.1, 0.15) is 13.7 Å².